The summed E-state index contributed by atoms with van der Waals surface area (Å²) >= 11 is 11.6. The second kappa shape index (κ2) is 6.74. The van der Waals surface area contributed by atoms with Crippen LogP contribution in [0, 0.1) is 17.7 Å². The first-order valence-corrected chi connectivity index (χ1v) is 7.32. The lowest BCUT2D eigenvalue weighted by Crippen LogP contribution is -2.25. The predicted octanol–water partition coefficient (Wildman–Crippen LogP) is 4.22. The van der Waals surface area contributed by atoms with Gasteiger partial charge in [-0.3, -0.25) is 0 Å². The average Bonchev–Trinajstić information content (AvgIpc) is 2.81. The minimum atomic E-state index is -0.351. The molecule has 1 aliphatic carbocycles. The van der Waals surface area contributed by atoms with Crippen molar-refractivity contribution in [2.45, 2.75) is 25.8 Å². The van der Waals surface area contributed by atoms with Crippen LogP contribution in [0.2, 0.25) is 5.02 Å². The van der Waals surface area contributed by atoms with Crippen molar-refractivity contribution >= 4 is 23.2 Å². The number of alkyl halides is 1. The average molecular weight is 290 g/mol. The Bertz CT molecular complexity index is 397. The third kappa shape index (κ3) is 3.59. The Hall–Kier alpha value is -0.310. The van der Waals surface area contributed by atoms with E-state index >= 15 is 0 Å². The summed E-state index contributed by atoms with van der Waals surface area (Å²) in [5.41, 5.74) is 0.928. The van der Waals surface area contributed by atoms with E-state index in [1.54, 1.807) is 6.07 Å². The van der Waals surface area contributed by atoms with Crippen LogP contribution >= 0.6 is 23.2 Å². The van der Waals surface area contributed by atoms with E-state index in [0.717, 1.165) is 18.0 Å². The topological polar surface area (TPSA) is 12.0 Å². The molecule has 4 heteroatoms. The van der Waals surface area contributed by atoms with E-state index in [0.29, 0.717) is 18.4 Å². The van der Waals surface area contributed by atoms with Gasteiger partial charge in [0.15, 0.2) is 0 Å². The van der Waals surface area contributed by atoms with E-state index in [1.165, 1.54) is 25.3 Å². The maximum atomic E-state index is 13.2. The molecule has 1 aromatic carbocycles. The summed E-state index contributed by atoms with van der Waals surface area (Å²) in [5, 5.41) is 3.56. The first kappa shape index (κ1) is 14.1. The standard InChI is InChI=1S/C14H18Cl2FN/c15-7-11-2-1-3-12(11)9-18-8-10-4-5-13(16)14(17)6-10/h4-6,11-12,18H,1-3,7-9H2. The molecule has 1 N–H and O–H groups in total. The zero-order chi connectivity index (χ0) is 13.0. The molecule has 18 heavy (non-hydrogen) atoms. The number of benzene rings is 1. The molecule has 1 aliphatic rings. The van der Waals surface area contributed by atoms with Crippen molar-refractivity contribution in [1.29, 1.82) is 0 Å². The van der Waals surface area contributed by atoms with Gasteiger partial charge in [-0.15, -0.1) is 11.6 Å². The zero-order valence-corrected chi connectivity index (χ0v) is 11.8. The summed E-state index contributed by atoms with van der Waals surface area (Å²) in [6.07, 6.45) is 3.77. The molecular weight excluding hydrogens is 272 g/mol. The van der Waals surface area contributed by atoms with E-state index in [1.807, 2.05) is 6.07 Å². The quantitative estimate of drug-likeness (QED) is 0.800. The largest absolute Gasteiger partial charge is 0.312 e. The van der Waals surface area contributed by atoms with Crippen molar-refractivity contribution in [1.82, 2.24) is 5.32 Å². The van der Waals surface area contributed by atoms with Crippen molar-refractivity contribution in [3.05, 3.63) is 34.6 Å². The van der Waals surface area contributed by atoms with Gasteiger partial charge in [0.2, 0.25) is 0 Å². The third-order valence-corrected chi connectivity index (χ3v) is 4.44. The lowest BCUT2D eigenvalue weighted by atomic mass is 9.98. The fourth-order valence-corrected chi connectivity index (χ4v) is 3.16. The van der Waals surface area contributed by atoms with Gasteiger partial charge in [0.05, 0.1) is 5.02 Å². The molecule has 1 saturated carbocycles. The first-order valence-electron chi connectivity index (χ1n) is 6.41. The summed E-state index contributed by atoms with van der Waals surface area (Å²) in [4.78, 5) is 0. The summed E-state index contributed by atoms with van der Waals surface area (Å²) < 4.78 is 13.2. The molecule has 0 saturated heterocycles. The van der Waals surface area contributed by atoms with Crippen molar-refractivity contribution < 1.29 is 4.39 Å². The van der Waals surface area contributed by atoms with E-state index in [2.05, 4.69) is 5.32 Å². The minimum Gasteiger partial charge on any atom is -0.312 e. The van der Waals surface area contributed by atoms with Gasteiger partial charge in [0.1, 0.15) is 5.82 Å². The smallest absolute Gasteiger partial charge is 0.142 e. The van der Waals surface area contributed by atoms with Gasteiger partial charge in [-0.1, -0.05) is 24.1 Å². The highest BCUT2D eigenvalue weighted by molar-refractivity contribution is 6.30. The molecule has 0 aromatic heterocycles. The Morgan fingerprint density at radius 1 is 1.28 bits per heavy atom. The molecular formula is C14H18Cl2FN. The van der Waals surface area contributed by atoms with Crippen molar-refractivity contribution in [2.75, 3.05) is 12.4 Å². The van der Waals surface area contributed by atoms with Gasteiger partial charge >= 0.3 is 0 Å². The lowest BCUT2D eigenvalue weighted by Gasteiger charge is -2.17. The van der Waals surface area contributed by atoms with Gasteiger partial charge in [0.25, 0.3) is 0 Å². The molecule has 0 spiro atoms. The molecule has 0 heterocycles. The van der Waals surface area contributed by atoms with E-state index in [9.17, 15) is 4.39 Å². The summed E-state index contributed by atoms with van der Waals surface area (Å²) in [7, 11) is 0. The van der Waals surface area contributed by atoms with Crippen molar-refractivity contribution in [3.63, 3.8) is 0 Å². The molecule has 2 atom stereocenters. The Morgan fingerprint density at radius 3 is 2.78 bits per heavy atom. The van der Waals surface area contributed by atoms with Gasteiger partial charge in [0, 0.05) is 12.4 Å². The van der Waals surface area contributed by atoms with Crippen molar-refractivity contribution in [2.24, 2.45) is 11.8 Å². The fourth-order valence-electron chi connectivity index (χ4n) is 2.64. The number of nitrogens with one attached hydrogen (secondary N) is 1. The van der Waals surface area contributed by atoms with Crippen LogP contribution in [0.15, 0.2) is 18.2 Å². The highest BCUT2D eigenvalue weighted by Gasteiger charge is 2.25. The van der Waals surface area contributed by atoms with E-state index < -0.39 is 0 Å². The molecule has 1 aromatic rings. The van der Waals surface area contributed by atoms with Crippen LogP contribution in [0.3, 0.4) is 0 Å². The van der Waals surface area contributed by atoms with Crippen LogP contribution in [0.1, 0.15) is 24.8 Å². The highest BCUT2D eigenvalue weighted by Crippen LogP contribution is 2.32. The molecule has 1 fully saturated rings. The third-order valence-electron chi connectivity index (χ3n) is 3.73. The number of hydrogen-bond donors (Lipinski definition) is 1. The normalized spacial score (nSPS) is 23.5. The number of rotatable bonds is 5. The monoisotopic (exact) mass is 289 g/mol. The molecule has 0 bridgehead atoms. The highest BCUT2D eigenvalue weighted by atomic mass is 35.5. The molecule has 1 nitrogen and oxygen atoms in total. The van der Waals surface area contributed by atoms with Crippen LogP contribution in [-0.2, 0) is 6.54 Å². The Labute approximate surface area is 118 Å². The Kier molecular flexibility index (Phi) is 5.28. The summed E-state index contributed by atoms with van der Waals surface area (Å²) in [6.45, 7) is 1.64. The zero-order valence-electron chi connectivity index (χ0n) is 10.3. The maximum absolute atomic E-state index is 13.2. The first-order chi connectivity index (χ1) is 8.70. The van der Waals surface area contributed by atoms with Crippen molar-refractivity contribution in [3.8, 4) is 0 Å². The summed E-state index contributed by atoms with van der Waals surface area (Å²) in [5.74, 6) is 1.71. The predicted molar refractivity (Wildman–Crippen MR) is 74.7 cm³/mol. The van der Waals surface area contributed by atoms with Gasteiger partial charge < -0.3 is 5.32 Å². The second-order valence-electron chi connectivity index (χ2n) is 4.98. The minimum absolute atomic E-state index is 0.178. The van der Waals surface area contributed by atoms with Gasteiger partial charge in [-0.2, -0.15) is 0 Å². The Balaban J connectivity index is 1.79. The molecule has 0 radical (unpaired) electrons. The number of hydrogen-bond acceptors (Lipinski definition) is 1. The lowest BCUT2D eigenvalue weighted by molar-refractivity contribution is 0.395. The fraction of sp³-hybridized carbons (Fsp3) is 0.571. The molecule has 0 amide bonds. The van der Waals surface area contributed by atoms with Gasteiger partial charge in [-0.25, -0.2) is 4.39 Å². The van der Waals surface area contributed by atoms with Crippen LogP contribution in [0.5, 0.6) is 0 Å². The van der Waals surface area contributed by atoms with E-state index in [-0.39, 0.29) is 10.8 Å². The summed E-state index contributed by atoms with van der Waals surface area (Å²) in [6, 6.07) is 4.94. The van der Waals surface area contributed by atoms with Crippen LogP contribution in [0.4, 0.5) is 4.39 Å². The molecule has 0 aliphatic heterocycles. The molecule has 2 unspecified atom stereocenters. The van der Waals surface area contributed by atoms with E-state index in [4.69, 9.17) is 23.2 Å². The molecule has 100 valence electrons. The Morgan fingerprint density at radius 2 is 2.06 bits per heavy atom. The van der Waals surface area contributed by atoms with Crippen LogP contribution in [0.25, 0.3) is 0 Å². The second-order valence-corrected chi connectivity index (χ2v) is 5.70. The molecule has 2 rings (SSSR count). The SMILES string of the molecule is Fc1cc(CNCC2CCCC2CCl)ccc1Cl. The maximum Gasteiger partial charge on any atom is 0.142 e. The van der Waals surface area contributed by atoms with Crippen LogP contribution < -0.4 is 5.32 Å². The van der Waals surface area contributed by atoms with Gasteiger partial charge in [-0.05, 0) is 48.9 Å². The van der Waals surface area contributed by atoms with Crippen LogP contribution in [-0.4, -0.2) is 12.4 Å². The number of halogens is 3.